The fourth-order valence-electron chi connectivity index (χ4n) is 3.05. The summed E-state index contributed by atoms with van der Waals surface area (Å²) >= 11 is 0. The predicted octanol–water partition coefficient (Wildman–Crippen LogP) is 3.17. The number of carbonyl (C=O) groups is 2. The van der Waals surface area contributed by atoms with E-state index in [0.29, 0.717) is 30.1 Å². The molecule has 0 spiro atoms. The van der Waals surface area contributed by atoms with Crippen molar-refractivity contribution in [3.63, 3.8) is 0 Å². The summed E-state index contributed by atoms with van der Waals surface area (Å²) in [4.78, 5) is 22.3. The molecule has 1 aliphatic carbocycles. The van der Waals surface area contributed by atoms with Gasteiger partial charge in [-0.05, 0) is 36.5 Å². The molecule has 3 atom stereocenters. The Morgan fingerprint density at radius 3 is 2.47 bits per heavy atom. The van der Waals surface area contributed by atoms with Crippen molar-refractivity contribution in [2.24, 2.45) is 23.7 Å². The molecule has 0 aromatic heterocycles. The van der Waals surface area contributed by atoms with Gasteiger partial charge in [0.25, 0.3) is 0 Å². The van der Waals surface area contributed by atoms with Crippen molar-refractivity contribution in [1.82, 2.24) is 0 Å². The molecule has 0 aromatic rings. The summed E-state index contributed by atoms with van der Waals surface area (Å²) in [5.74, 6) is 1.39. The fourth-order valence-corrected chi connectivity index (χ4v) is 3.05. The van der Waals surface area contributed by atoms with Crippen molar-refractivity contribution in [3.8, 4) is 0 Å². The van der Waals surface area contributed by atoms with E-state index in [4.69, 9.17) is 0 Å². The monoisotopic (exact) mass is 240 g/mol. The Bertz CT molecular complexity index is 283. The zero-order valence-corrected chi connectivity index (χ0v) is 11.4. The molecule has 0 saturated heterocycles. The van der Waals surface area contributed by atoms with E-state index in [2.05, 4.69) is 25.5 Å². The molecule has 1 rings (SSSR count). The molecule has 1 aliphatic rings. The fraction of sp³-hybridized carbons (Fsp3) is 0.857. The third-order valence-corrected chi connectivity index (χ3v) is 3.85. The van der Waals surface area contributed by atoms with Gasteiger partial charge in [0.15, 0.2) is 0 Å². The van der Waals surface area contributed by atoms with E-state index in [9.17, 15) is 9.59 Å². The lowest BCUT2D eigenvalue weighted by Crippen LogP contribution is -2.30. The van der Waals surface area contributed by atoms with Crippen LogP contribution in [0.1, 0.15) is 53.4 Å². The van der Waals surface area contributed by atoms with Gasteiger partial charge in [0, 0.05) is 13.3 Å². The largest absolute Gasteiger partial charge is 0.393 e. The first kappa shape index (κ1) is 14.2. The van der Waals surface area contributed by atoms with Gasteiger partial charge in [0.1, 0.15) is 0 Å². The van der Waals surface area contributed by atoms with Crippen molar-refractivity contribution in [3.05, 3.63) is 0 Å². The summed E-state index contributed by atoms with van der Waals surface area (Å²) in [5.41, 5.74) is 0. The van der Waals surface area contributed by atoms with Gasteiger partial charge in [0.05, 0.1) is 0 Å². The number of carbonyl (C=O) groups excluding carboxylic acids is 2. The normalized spacial score (nSPS) is 29.1. The first-order valence-corrected chi connectivity index (χ1v) is 6.61. The standard InChI is InChI=1S/C14H24O3/c1-9(2)13-6-5-10(3)7-12(13)8-14(16)17-11(4)15/h9-10,12-13H,5-8H2,1-4H3. The van der Waals surface area contributed by atoms with Gasteiger partial charge in [-0.2, -0.15) is 0 Å². The van der Waals surface area contributed by atoms with Gasteiger partial charge >= 0.3 is 11.9 Å². The van der Waals surface area contributed by atoms with E-state index in [-0.39, 0.29) is 5.97 Å². The second kappa shape index (κ2) is 6.18. The SMILES string of the molecule is CC(=O)OC(=O)CC1CC(C)CCC1C(C)C. The highest BCUT2D eigenvalue weighted by Crippen LogP contribution is 2.39. The molecule has 98 valence electrons. The van der Waals surface area contributed by atoms with Gasteiger partial charge in [0.2, 0.25) is 0 Å². The average Bonchev–Trinajstić information content (AvgIpc) is 2.15. The molecule has 0 radical (unpaired) electrons. The minimum Gasteiger partial charge on any atom is -0.393 e. The molecule has 0 heterocycles. The highest BCUT2D eigenvalue weighted by molar-refractivity contribution is 5.84. The zero-order valence-electron chi connectivity index (χ0n) is 11.4. The van der Waals surface area contributed by atoms with E-state index in [1.54, 1.807) is 0 Å². The van der Waals surface area contributed by atoms with E-state index in [1.165, 1.54) is 19.8 Å². The molecule has 3 unspecified atom stereocenters. The van der Waals surface area contributed by atoms with Crippen LogP contribution in [0.3, 0.4) is 0 Å². The van der Waals surface area contributed by atoms with Gasteiger partial charge < -0.3 is 4.74 Å². The summed E-state index contributed by atoms with van der Waals surface area (Å²) in [6.07, 6.45) is 3.92. The maximum absolute atomic E-state index is 11.6. The van der Waals surface area contributed by atoms with Crippen molar-refractivity contribution in [1.29, 1.82) is 0 Å². The summed E-state index contributed by atoms with van der Waals surface area (Å²) in [5, 5.41) is 0. The highest BCUT2D eigenvalue weighted by Gasteiger charge is 2.32. The van der Waals surface area contributed by atoms with Crippen molar-refractivity contribution in [2.45, 2.75) is 53.4 Å². The Morgan fingerprint density at radius 1 is 1.29 bits per heavy atom. The van der Waals surface area contributed by atoms with Crippen LogP contribution in [0, 0.1) is 23.7 Å². The third kappa shape index (κ3) is 4.49. The van der Waals surface area contributed by atoms with Crippen molar-refractivity contribution in [2.75, 3.05) is 0 Å². The van der Waals surface area contributed by atoms with E-state index >= 15 is 0 Å². The number of esters is 2. The van der Waals surface area contributed by atoms with E-state index < -0.39 is 5.97 Å². The summed E-state index contributed by atoms with van der Waals surface area (Å²) in [6.45, 7) is 7.94. The molecule has 17 heavy (non-hydrogen) atoms. The molecule has 3 nitrogen and oxygen atoms in total. The molecule has 1 saturated carbocycles. The van der Waals surface area contributed by atoms with Crippen molar-refractivity contribution >= 4 is 11.9 Å². The number of ether oxygens (including phenoxy) is 1. The van der Waals surface area contributed by atoms with E-state index in [0.717, 1.165) is 6.42 Å². The van der Waals surface area contributed by atoms with Crippen LogP contribution in [-0.2, 0) is 14.3 Å². The number of hydrogen-bond acceptors (Lipinski definition) is 3. The van der Waals surface area contributed by atoms with Gasteiger partial charge in [-0.3, -0.25) is 9.59 Å². The first-order chi connectivity index (χ1) is 7.90. The second-order valence-electron chi connectivity index (χ2n) is 5.76. The summed E-state index contributed by atoms with van der Waals surface area (Å²) in [6, 6.07) is 0. The van der Waals surface area contributed by atoms with Crippen LogP contribution in [0.15, 0.2) is 0 Å². The predicted molar refractivity (Wildman–Crippen MR) is 66.2 cm³/mol. The lowest BCUT2D eigenvalue weighted by Gasteiger charge is -2.36. The van der Waals surface area contributed by atoms with Crippen LogP contribution in [0.25, 0.3) is 0 Å². The van der Waals surface area contributed by atoms with E-state index in [1.807, 2.05) is 0 Å². The topological polar surface area (TPSA) is 43.4 Å². The second-order valence-corrected chi connectivity index (χ2v) is 5.76. The molecular weight excluding hydrogens is 216 g/mol. The number of hydrogen-bond donors (Lipinski definition) is 0. The lowest BCUT2D eigenvalue weighted by atomic mass is 9.69. The smallest absolute Gasteiger partial charge is 0.313 e. The van der Waals surface area contributed by atoms with Gasteiger partial charge in [-0.25, -0.2) is 0 Å². The molecular formula is C14H24O3. The molecule has 0 aromatic carbocycles. The Morgan fingerprint density at radius 2 is 1.94 bits per heavy atom. The third-order valence-electron chi connectivity index (χ3n) is 3.85. The molecule has 0 aliphatic heterocycles. The van der Waals surface area contributed by atoms with Crippen LogP contribution in [0.5, 0.6) is 0 Å². The molecule has 1 fully saturated rings. The Labute approximate surface area is 104 Å². The Hall–Kier alpha value is -0.860. The maximum Gasteiger partial charge on any atom is 0.313 e. The molecule has 3 heteroatoms. The van der Waals surface area contributed by atoms with Crippen LogP contribution < -0.4 is 0 Å². The zero-order chi connectivity index (χ0) is 13.0. The minimum atomic E-state index is -0.500. The Balaban J connectivity index is 2.57. The first-order valence-electron chi connectivity index (χ1n) is 6.61. The van der Waals surface area contributed by atoms with Crippen LogP contribution >= 0.6 is 0 Å². The van der Waals surface area contributed by atoms with Crippen LogP contribution in [0.2, 0.25) is 0 Å². The van der Waals surface area contributed by atoms with Gasteiger partial charge in [-0.15, -0.1) is 0 Å². The van der Waals surface area contributed by atoms with Crippen molar-refractivity contribution < 1.29 is 14.3 Å². The molecule has 0 N–H and O–H groups in total. The molecule has 0 amide bonds. The number of rotatable bonds is 3. The van der Waals surface area contributed by atoms with Gasteiger partial charge in [-0.1, -0.05) is 27.2 Å². The lowest BCUT2D eigenvalue weighted by molar-refractivity contribution is -0.159. The summed E-state index contributed by atoms with van der Waals surface area (Å²) in [7, 11) is 0. The Kier molecular flexibility index (Phi) is 5.16. The minimum absolute atomic E-state index is 0.359. The van der Waals surface area contributed by atoms with Crippen LogP contribution in [-0.4, -0.2) is 11.9 Å². The maximum atomic E-state index is 11.6. The highest BCUT2D eigenvalue weighted by atomic mass is 16.6. The molecule has 0 bridgehead atoms. The summed E-state index contributed by atoms with van der Waals surface area (Å²) < 4.78 is 4.64. The quantitative estimate of drug-likeness (QED) is 0.562. The average molecular weight is 240 g/mol. The van der Waals surface area contributed by atoms with Crippen LogP contribution in [0.4, 0.5) is 0 Å².